The summed E-state index contributed by atoms with van der Waals surface area (Å²) in [6.07, 6.45) is 0.827. The number of anilines is 1. The number of methoxy groups -OCH3 is 1. The summed E-state index contributed by atoms with van der Waals surface area (Å²) in [5.41, 5.74) is 7.75. The van der Waals surface area contributed by atoms with Crippen molar-refractivity contribution in [1.82, 2.24) is 4.90 Å². The monoisotopic (exact) mass is 305 g/mol. The zero-order chi connectivity index (χ0) is 16.1. The molecule has 2 rings (SSSR count). The molecule has 1 amide bonds. The SMILES string of the molecule is COC(=O)CN(CC(=O)N1CCC(N)C1)c1cccc(C)c1. The Hall–Kier alpha value is -2.08. The van der Waals surface area contributed by atoms with E-state index in [-0.39, 0.29) is 31.0 Å². The van der Waals surface area contributed by atoms with Gasteiger partial charge in [-0.05, 0) is 31.0 Å². The molecule has 0 spiro atoms. The molecule has 1 heterocycles. The van der Waals surface area contributed by atoms with E-state index in [1.54, 1.807) is 9.80 Å². The van der Waals surface area contributed by atoms with Crippen LogP contribution in [0.5, 0.6) is 0 Å². The number of nitrogens with zero attached hydrogens (tertiary/aromatic N) is 2. The number of carbonyl (C=O) groups is 2. The molecule has 0 saturated carbocycles. The molecule has 6 heteroatoms. The van der Waals surface area contributed by atoms with Crippen LogP contribution in [0.3, 0.4) is 0 Å². The Balaban J connectivity index is 2.10. The summed E-state index contributed by atoms with van der Waals surface area (Å²) in [5.74, 6) is -0.384. The Morgan fingerprint density at radius 2 is 2.18 bits per heavy atom. The number of carbonyl (C=O) groups excluding carboxylic acids is 2. The van der Waals surface area contributed by atoms with Crippen LogP contribution in [0.4, 0.5) is 5.69 Å². The maximum Gasteiger partial charge on any atom is 0.325 e. The Labute approximate surface area is 130 Å². The number of hydrogen-bond donors (Lipinski definition) is 1. The van der Waals surface area contributed by atoms with Crippen LogP contribution in [0.25, 0.3) is 0 Å². The van der Waals surface area contributed by atoms with Crippen molar-refractivity contribution >= 4 is 17.6 Å². The summed E-state index contributed by atoms with van der Waals surface area (Å²) in [5, 5.41) is 0. The molecule has 0 aliphatic carbocycles. The zero-order valence-corrected chi connectivity index (χ0v) is 13.1. The number of esters is 1. The first kappa shape index (κ1) is 16.3. The van der Waals surface area contributed by atoms with Gasteiger partial charge in [-0.3, -0.25) is 9.59 Å². The lowest BCUT2D eigenvalue weighted by Gasteiger charge is -2.26. The molecule has 1 aliphatic heterocycles. The van der Waals surface area contributed by atoms with Crippen LogP contribution in [0.1, 0.15) is 12.0 Å². The van der Waals surface area contributed by atoms with Gasteiger partial charge in [-0.2, -0.15) is 0 Å². The largest absolute Gasteiger partial charge is 0.468 e. The summed E-state index contributed by atoms with van der Waals surface area (Å²) in [7, 11) is 1.35. The average molecular weight is 305 g/mol. The number of ether oxygens (including phenoxy) is 1. The van der Waals surface area contributed by atoms with Crippen LogP contribution in [0.2, 0.25) is 0 Å². The predicted octanol–water partition coefficient (Wildman–Crippen LogP) is 0.534. The van der Waals surface area contributed by atoms with E-state index in [1.165, 1.54) is 7.11 Å². The molecule has 1 saturated heterocycles. The number of benzene rings is 1. The molecular weight excluding hydrogens is 282 g/mol. The lowest BCUT2D eigenvalue weighted by Crippen LogP contribution is -2.42. The fourth-order valence-electron chi connectivity index (χ4n) is 2.56. The second-order valence-electron chi connectivity index (χ2n) is 5.66. The molecule has 0 aromatic heterocycles. The van der Waals surface area contributed by atoms with Gasteiger partial charge in [0.15, 0.2) is 0 Å². The quantitative estimate of drug-likeness (QED) is 0.803. The zero-order valence-electron chi connectivity index (χ0n) is 13.1. The molecule has 1 aromatic rings. The summed E-state index contributed by atoms with van der Waals surface area (Å²) in [6, 6.07) is 7.77. The number of likely N-dealkylation sites (tertiary alicyclic amines) is 1. The van der Waals surface area contributed by atoms with Crippen LogP contribution in [0.15, 0.2) is 24.3 Å². The normalized spacial score (nSPS) is 17.4. The van der Waals surface area contributed by atoms with Gasteiger partial charge in [0, 0.05) is 24.8 Å². The van der Waals surface area contributed by atoms with Crippen LogP contribution >= 0.6 is 0 Å². The van der Waals surface area contributed by atoms with Gasteiger partial charge >= 0.3 is 5.97 Å². The average Bonchev–Trinajstić information content (AvgIpc) is 2.93. The highest BCUT2D eigenvalue weighted by Gasteiger charge is 2.25. The van der Waals surface area contributed by atoms with Crippen molar-refractivity contribution in [2.75, 3.05) is 38.2 Å². The van der Waals surface area contributed by atoms with Gasteiger partial charge in [-0.25, -0.2) is 0 Å². The predicted molar refractivity (Wildman–Crippen MR) is 84.6 cm³/mol. The maximum absolute atomic E-state index is 12.4. The fraction of sp³-hybridized carbons (Fsp3) is 0.500. The van der Waals surface area contributed by atoms with Crippen LogP contribution in [-0.2, 0) is 14.3 Å². The number of nitrogens with two attached hydrogens (primary N) is 1. The maximum atomic E-state index is 12.4. The molecule has 1 aromatic carbocycles. The summed E-state index contributed by atoms with van der Waals surface area (Å²) >= 11 is 0. The first-order valence-electron chi connectivity index (χ1n) is 7.41. The van der Waals surface area contributed by atoms with E-state index in [1.807, 2.05) is 31.2 Å². The van der Waals surface area contributed by atoms with Gasteiger partial charge in [-0.1, -0.05) is 12.1 Å². The molecule has 2 N–H and O–H groups in total. The Morgan fingerprint density at radius 1 is 1.41 bits per heavy atom. The third-order valence-electron chi connectivity index (χ3n) is 3.82. The smallest absolute Gasteiger partial charge is 0.325 e. The second-order valence-corrected chi connectivity index (χ2v) is 5.66. The van der Waals surface area contributed by atoms with Gasteiger partial charge < -0.3 is 20.3 Å². The Kier molecular flexibility index (Phi) is 5.38. The molecule has 1 fully saturated rings. The van der Waals surface area contributed by atoms with Crippen molar-refractivity contribution in [1.29, 1.82) is 0 Å². The summed E-state index contributed by atoms with van der Waals surface area (Å²) in [4.78, 5) is 27.5. The van der Waals surface area contributed by atoms with Crippen molar-refractivity contribution in [2.45, 2.75) is 19.4 Å². The number of hydrogen-bond acceptors (Lipinski definition) is 5. The highest BCUT2D eigenvalue weighted by Crippen LogP contribution is 2.17. The Bertz CT molecular complexity index is 547. The van der Waals surface area contributed by atoms with E-state index in [0.717, 1.165) is 17.7 Å². The van der Waals surface area contributed by atoms with Gasteiger partial charge in [0.2, 0.25) is 5.91 Å². The molecule has 0 radical (unpaired) electrons. The molecule has 22 heavy (non-hydrogen) atoms. The molecule has 120 valence electrons. The van der Waals surface area contributed by atoms with Crippen molar-refractivity contribution < 1.29 is 14.3 Å². The van der Waals surface area contributed by atoms with E-state index in [4.69, 9.17) is 10.5 Å². The molecule has 1 aliphatic rings. The van der Waals surface area contributed by atoms with Crippen LogP contribution in [-0.4, -0.2) is 56.1 Å². The highest BCUT2D eigenvalue weighted by atomic mass is 16.5. The van der Waals surface area contributed by atoms with Crippen molar-refractivity contribution in [2.24, 2.45) is 5.73 Å². The van der Waals surface area contributed by atoms with Crippen LogP contribution in [0, 0.1) is 6.92 Å². The van der Waals surface area contributed by atoms with Gasteiger partial charge in [0.05, 0.1) is 13.7 Å². The molecule has 6 nitrogen and oxygen atoms in total. The van der Waals surface area contributed by atoms with Crippen LogP contribution < -0.4 is 10.6 Å². The number of rotatable bonds is 5. The molecule has 0 bridgehead atoms. The Morgan fingerprint density at radius 3 is 2.77 bits per heavy atom. The van der Waals surface area contributed by atoms with E-state index in [0.29, 0.717) is 13.1 Å². The number of aryl methyl sites for hydroxylation is 1. The van der Waals surface area contributed by atoms with E-state index in [9.17, 15) is 9.59 Å². The van der Waals surface area contributed by atoms with E-state index in [2.05, 4.69) is 0 Å². The van der Waals surface area contributed by atoms with E-state index >= 15 is 0 Å². The molecule has 1 unspecified atom stereocenters. The molecular formula is C16H23N3O3. The first-order chi connectivity index (χ1) is 10.5. The third-order valence-corrected chi connectivity index (χ3v) is 3.82. The second kappa shape index (κ2) is 7.26. The van der Waals surface area contributed by atoms with Gasteiger partial charge in [0.25, 0.3) is 0 Å². The topological polar surface area (TPSA) is 75.9 Å². The lowest BCUT2D eigenvalue weighted by molar-refractivity contribution is -0.139. The van der Waals surface area contributed by atoms with Crippen molar-refractivity contribution in [3.8, 4) is 0 Å². The minimum atomic E-state index is -0.368. The van der Waals surface area contributed by atoms with Crippen molar-refractivity contribution in [3.63, 3.8) is 0 Å². The van der Waals surface area contributed by atoms with Crippen molar-refractivity contribution in [3.05, 3.63) is 29.8 Å². The van der Waals surface area contributed by atoms with E-state index < -0.39 is 0 Å². The fourth-order valence-corrected chi connectivity index (χ4v) is 2.56. The molecule has 1 atom stereocenters. The minimum Gasteiger partial charge on any atom is -0.468 e. The highest BCUT2D eigenvalue weighted by molar-refractivity contribution is 5.84. The summed E-state index contributed by atoms with van der Waals surface area (Å²) < 4.78 is 4.73. The van der Waals surface area contributed by atoms with Gasteiger partial charge in [-0.15, -0.1) is 0 Å². The first-order valence-corrected chi connectivity index (χ1v) is 7.41. The van der Waals surface area contributed by atoms with Gasteiger partial charge in [0.1, 0.15) is 6.54 Å². The lowest BCUT2D eigenvalue weighted by atomic mass is 10.2. The standard InChI is InChI=1S/C16H23N3O3/c1-12-4-3-5-14(8-12)19(11-16(21)22-2)10-15(20)18-7-6-13(17)9-18/h3-5,8,13H,6-7,9-11,17H2,1-2H3. The third kappa shape index (κ3) is 4.21. The number of amides is 1. The summed E-state index contributed by atoms with van der Waals surface area (Å²) in [6.45, 7) is 3.43. The minimum absolute atomic E-state index is 0.0154.